The molecule has 0 unspecified atom stereocenters. The fraction of sp³-hybridized carbons (Fsp3) is 0. The van der Waals surface area contributed by atoms with Crippen LogP contribution in [0.4, 0.5) is 0 Å². The maximum atomic E-state index is 3.17. The largest absolute Gasteiger partial charge is 0.103 e. The van der Waals surface area contributed by atoms with Crippen molar-refractivity contribution >= 4 is 50.5 Å². The van der Waals surface area contributed by atoms with Gasteiger partial charge in [-0.05, 0) is 46.5 Å². The van der Waals surface area contributed by atoms with Crippen LogP contribution in [-0.4, -0.2) is 0 Å². The fourth-order valence-electron chi connectivity index (χ4n) is 0.385. The zero-order valence-electron chi connectivity index (χ0n) is 5.05. The maximum Gasteiger partial charge on any atom is 0.103 e. The fourth-order valence-corrected chi connectivity index (χ4v) is 0.385. The van der Waals surface area contributed by atoms with E-state index in [1.165, 1.54) is 0 Å². The molecule has 0 atom stereocenters. The van der Waals surface area contributed by atoms with Crippen LogP contribution in [0.2, 0.25) is 0 Å². The molecule has 0 aromatic heterocycles. The molecule has 0 radical (unpaired) electrons. The Kier molecular flexibility index (Phi) is 9.08. The molecule has 0 aliphatic carbocycles. The Morgan fingerprint density at radius 1 is 0.600 bits per heavy atom. The Hall–Kier alpha value is 1.09. The third-order valence-electron chi connectivity index (χ3n) is 0.667. The molecule has 4 heteroatoms. The molecule has 10 heavy (non-hydrogen) atoms. The monoisotopic (exact) mass is 346 g/mol. The molecule has 0 spiro atoms. The molecule has 0 aliphatic heterocycles. The van der Waals surface area contributed by atoms with E-state index in [0.29, 0.717) is 0 Å². The number of hydrogen-bond donors (Lipinski definition) is 0. The highest BCUT2D eigenvalue weighted by molar-refractivity contribution is 9.93. The zero-order chi connectivity index (χ0) is 7.82. The van der Waals surface area contributed by atoms with E-state index in [9.17, 15) is 0 Å². The van der Waals surface area contributed by atoms with Gasteiger partial charge in [0.2, 0.25) is 0 Å². The van der Waals surface area contributed by atoms with E-state index in [2.05, 4.69) is 46.5 Å². The molecule has 1 aromatic carbocycles. The summed E-state index contributed by atoms with van der Waals surface area (Å²) in [7, 11) is 0. The van der Waals surface area contributed by atoms with Gasteiger partial charge in [-0.2, -0.15) is 0 Å². The summed E-state index contributed by atoms with van der Waals surface area (Å²) in [5.74, 6) is 0. The summed E-state index contributed by atoms with van der Waals surface area (Å²) in [5, 5.41) is 0. The van der Waals surface area contributed by atoms with Crippen LogP contribution in [0.25, 0.3) is 0 Å². The van der Waals surface area contributed by atoms with Gasteiger partial charge in [0.05, 0.1) is 0 Å². The van der Waals surface area contributed by atoms with Gasteiger partial charge in [-0.25, -0.2) is 0 Å². The van der Waals surface area contributed by atoms with Crippen LogP contribution in [0, 0.1) is 0 Å². The Balaban J connectivity index is 0.000000180. The minimum atomic E-state index is -0.183. The van der Waals surface area contributed by atoms with Gasteiger partial charge in [-0.3, -0.25) is 0 Å². The molecule has 0 nitrogen and oxygen atoms in total. The highest BCUT2D eigenvalue weighted by Crippen LogP contribution is 2.59. The Morgan fingerprint density at radius 2 is 0.700 bits per heavy atom. The third kappa shape index (κ3) is 11.8. The van der Waals surface area contributed by atoms with Crippen LogP contribution < -0.4 is 0 Å². The number of benzene rings is 1. The van der Waals surface area contributed by atoms with Crippen molar-refractivity contribution in [1.82, 2.24) is 0 Å². The predicted octanol–water partition coefficient (Wildman–Crippen LogP) is 5.08. The third-order valence-corrected chi connectivity index (χ3v) is 0.667. The molecule has 0 bridgehead atoms. The van der Waals surface area contributed by atoms with Gasteiger partial charge >= 0.3 is 0 Å². The molecule has 0 fully saturated rings. The van der Waals surface area contributed by atoms with Gasteiger partial charge in [0.25, 0.3) is 0 Å². The van der Waals surface area contributed by atoms with E-state index in [-0.39, 0.29) is 4.03 Å². The Labute approximate surface area is 86.4 Å². The second-order valence-corrected chi connectivity index (χ2v) is 16.7. The lowest BCUT2D eigenvalue weighted by molar-refractivity contribution is 1.72. The summed E-state index contributed by atoms with van der Waals surface area (Å²) in [6.45, 7) is 0. The standard InChI is InChI=1S/C6H6.Br3P/c1-2-4-6-5-3-1;1-4(2)3/h1-6H;. The zero-order valence-corrected chi connectivity index (χ0v) is 10.7. The quantitative estimate of drug-likeness (QED) is 0.573. The summed E-state index contributed by atoms with van der Waals surface area (Å²) in [6, 6.07) is 12.0. The van der Waals surface area contributed by atoms with Crippen LogP contribution in [0.1, 0.15) is 0 Å². The molecule has 0 N–H and O–H groups in total. The predicted molar refractivity (Wildman–Crippen MR) is 60.1 cm³/mol. The number of rotatable bonds is 0. The maximum absolute atomic E-state index is 3.17. The molecule has 1 aromatic rings. The van der Waals surface area contributed by atoms with Crippen molar-refractivity contribution in [1.29, 1.82) is 0 Å². The van der Waals surface area contributed by atoms with Crippen molar-refractivity contribution in [3.63, 3.8) is 0 Å². The topological polar surface area (TPSA) is 0 Å². The molecule has 0 amide bonds. The van der Waals surface area contributed by atoms with E-state index in [1.807, 2.05) is 36.4 Å². The second-order valence-electron chi connectivity index (χ2n) is 1.35. The lowest BCUT2D eigenvalue weighted by Gasteiger charge is -1.70. The minimum absolute atomic E-state index is 0.183. The summed E-state index contributed by atoms with van der Waals surface area (Å²) in [5.41, 5.74) is 0. The lowest BCUT2D eigenvalue weighted by Crippen LogP contribution is -1.47. The number of halogens is 3. The van der Waals surface area contributed by atoms with E-state index >= 15 is 0 Å². The SMILES string of the molecule is BrP(Br)Br.c1ccccc1. The summed E-state index contributed by atoms with van der Waals surface area (Å²) < 4.78 is -0.183. The Morgan fingerprint density at radius 3 is 0.800 bits per heavy atom. The summed E-state index contributed by atoms with van der Waals surface area (Å²) in [4.78, 5) is 0. The summed E-state index contributed by atoms with van der Waals surface area (Å²) >= 11 is 9.51. The lowest BCUT2D eigenvalue weighted by atomic mass is 10.4. The van der Waals surface area contributed by atoms with Crippen LogP contribution in [0.5, 0.6) is 0 Å². The highest BCUT2D eigenvalue weighted by atomic mass is 80.0. The van der Waals surface area contributed by atoms with Crippen molar-refractivity contribution in [3.05, 3.63) is 36.4 Å². The first kappa shape index (κ1) is 11.1. The minimum Gasteiger partial charge on any atom is -0.0623 e. The second kappa shape index (κ2) is 8.19. The van der Waals surface area contributed by atoms with Gasteiger partial charge in [0, 0.05) is 0 Å². The smallest absolute Gasteiger partial charge is 0.0623 e. The van der Waals surface area contributed by atoms with E-state index in [1.54, 1.807) is 0 Å². The molecule has 1 rings (SSSR count). The average molecular weight is 349 g/mol. The molecule has 0 aliphatic rings. The van der Waals surface area contributed by atoms with Crippen molar-refractivity contribution in [2.24, 2.45) is 0 Å². The number of hydrogen-bond acceptors (Lipinski definition) is 0. The van der Waals surface area contributed by atoms with Crippen LogP contribution in [-0.2, 0) is 0 Å². The van der Waals surface area contributed by atoms with E-state index in [0.717, 1.165) is 0 Å². The molecule has 0 saturated heterocycles. The van der Waals surface area contributed by atoms with E-state index in [4.69, 9.17) is 0 Å². The van der Waals surface area contributed by atoms with Gasteiger partial charge < -0.3 is 0 Å². The van der Waals surface area contributed by atoms with Gasteiger partial charge in [0.1, 0.15) is 4.03 Å². The highest BCUT2D eigenvalue weighted by Gasteiger charge is 1.77. The molecular formula is C6H6Br3P. The van der Waals surface area contributed by atoms with Crippen LogP contribution in [0.15, 0.2) is 36.4 Å². The van der Waals surface area contributed by atoms with Gasteiger partial charge in [-0.15, -0.1) is 0 Å². The molecular weight excluding hydrogens is 343 g/mol. The van der Waals surface area contributed by atoms with Gasteiger partial charge in [0.15, 0.2) is 0 Å². The summed E-state index contributed by atoms with van der Waals surface area (Å²) in [6.07, 6.45) is 0. The Bertz CT molecular complexity index is 113. The normalized spacial score (nSPS) is 8.40. The van der Waals surface area contributed by atoms with Crippen molar-refractivity contribution in [2.45, 2.75) is 0 Å². The first-order chi connectivity index (χ1) is 4.73. The molecule has 0 saturated carbocycles. The molecule has 0 heterocycles. The van der Waals surface area contributed by atoms with Crippen molar-refractivity contribution in [2.75, 3.05) is 0 Å². The van der Waals surface area contributed by atoms with E-state index < -0.39 is 0 Å². The first-order valence-corrected chi connectivity index (χ1v) is 9.90. The average Bonchev–Trinajstić information content (AvgIpc) is 1.90. The van der Waals surface area contributed by atoms with Crippen LogP contribution in [0.3, 0.4) is 0 Å². The molecule has 56 valence electrons. The van der Waals surface area contributed by atoms with Gasteiger partial charge in [-0.1, -0.05) is 36.4 Å². The first-order valence-electron chi connectivity index (χ1n) is 2.51. The van der Waals surface area contributed by atoms with Crippen molar-refractivity contribution in [3.8, 4) is 0 Å². The van der Waals surface area contributed by atoms with Crippen LogP contribution >= 0.6 is 50.5 Å². The van der Waals surface area contributed by atoms with Crippen molar-refractivity contribution < 1.29 is 0 Å².